The molecule has 1 aliphatic carbocycles. The van der Waals surface area contributed by atoms with Crippen LogP contribution in [0.15, 0.2) is 30.6 Å². The van der Waals surface area contributed by atoms with Crippen LogP contribution in [0.2, 0.25) is 0 Å². The van der Waals surface area contributed by atoms with Gasteiger partial charge in [0.25, 0.3) is 0 Å². The smallest absolute Gasteiger partial charge is 0.139 e. The second-order valence-electron chi connectivity index (χ2n) is 4.73. The van der Waals surface area contributed by atoms with Crippen LogP contribution in [0.5, 0.6) is 5.75 Å². The van der Waals surface area contributed by atoms with Crippen molar-refractivity contribution in [2.45, 2.75) is 19.3 Å². The Kier molecular flexibility index (Phi) is 4.45. The Morgan fingerprint density at radius 1 is 1.10 bits per heavy atom. The first-order valence-corrected chi connectivity index (χ1v) is 6.50. The number of hydrogen-bond acceptors (Lipinski definition) is 4. The average molecular weight is 292 g/mol. The Hall–Kier alpha value is -1.81. The number of rotatable bonds is 3. The number of aryl methyl sites for hydroxylation is 1. The maximum Gasteiger partial charge on any atom is 0.139 e. The molecule has 0 atom stereocenters. The van der Waals surface area contributed by atoms with E-state index >= 15 is 0 Å². The van der Waals surface area contributed by atoms with Gasteiger partial charge >= 0.3 is 0 Å². The fourth-order valence-corrected chi connectivity index (χ4v) is 2.56. The summed E-state index contributed by atoms with van der Waals surface area (Å²) in [7, 11) is 3.72. The van der Waals surface area contributed by atoms with Crippen LogP contribution in [0, 0.1) is 0 Å². The highest BCUT2D eigenvalue weighted by Gasteiger charge is 2.19. The monoisotopic (exact) mass is 291 g/mol. The van der Waals surface area contributed by atoms with Crippen molar-refractivity contribution in [2.75, 3.05) is 19.1 Å². The van der Waals surface area contributed by atoms with Crippen LogP contribution in [0.25, 0.3) is 0 Å². The Morgan fingerprint density at radius 3 is 2.55 bits per heavy atom. The largest absolute Gasteiger partial charge is 0.497 e. The van der Waals surface area contributed by atoms with Crippen molar-refractivity contribution in [3.63, 3.8) is 0 Å². The lowest BCUT2D eigenvalue weighted by atomic mass is 10.2. The lowest BCUT2D eigenvalue weighted by Gasteiger charge is -2.21. The van der Waals surface area contributed by atoms with Crippen LogP contribution >= 0.6 is 12.4 Å². The zero-order valence-corrected chi connectivity index (χ0v) is 12.5. The molecule has 1 aliphatic rings. The quantitative estimate of drug-likeness (QED) is 0.871. The summed E-state index contributed by atoms with van der Waals surface area (Å²) in [5, 5.41) is 0. The van der Waals surface area contributed by atoms with Gasteiger partial charge in [-0.15, -0.1) is 12.4 Å². The number of aromatic nitrogens is 2. The predicted molar refractivity (Wildman–Crippen MR) is 82.4 cm³/mol. The van der Waals surface area contributed by atoms with Crippen LogP contribution in [0.3, 0.4) is 0 Å². The van der Waals surface area contributed by atoms with E-state index in [1.54, 1.807) is 13.4 Å². The summed E-state index contributed by atoms with van der Waals surface area (Å²) in [6, 6.07) is 8.02. The Bertz CT molecular complexity index is 586. The number of hydrogen-bond donors (Lipinski definition) is 0. The van der Waals surface area contributed by atoms with E-state index in [1.165, 1.54) is 17.7 Å². The van der Waals surface area contributed by atoms with E-state index in [0.29, 0.717) is 0 Å². The van der Waals surface area contributed by atoms with E-state index < -0.39 is 0 Å². The third-order valence-corrected chi connectivity index (χ3v) is 3.63. The van der Waals surface area contributed by atoms with Crippen molar-refractivity contribution in [1.29, 1.82) is 0 Å². The summed E-state index contributed by atoms with van der Waals surface area (Å²) < 4.78 is 5.18. The molecule has 0 aliphatic heterocycles. The molecule has 0 amide bonds. The minimum absolute atomic E-state index is 0. The highest BCUT2D eigenvalue weighted by Crippen LogP contribution is 2.31. The van der Waals surface area contributed by atoms with Gasteiger partial charge in [-0.2, -0.15) is 0 Å². The molecule has 3 rings (SSSR count). The number of nitrogens with zero attached hydrogens (tertiary/aromatic N) is 3. The van der Waals surface area contributed by atoms with Gasteiger partial charge in [0.15, 0.2) is 0 Å². The predicted octanol–water partition coefficient (Wildman–Crippen LogP) is 3.16. The molecule has 0 N–H and O–H groups in total. The van der Waals surface area contributed by atoms with Gasteiger partial charge in [-0.25, -0.2) is 9.97 Å². The molecule has 1 heterocycles. The lowest BCUT2D eigenvalue weighted by Crippen LogP contribution is -2.14. The first-order chi connectivity index (χ1) is 9.29. The van der Waals surface area contributed by atoms with E-state index in [4.69, 9.17) is 4.74 Å². The van der Waals surface area contributed by atoms with Crippen molar-refractivity contribution in [3.05, 3.63) is 41.9 Å². The van der Waals surface area contributed by atoms with Crippen molar-refractivity contribution in [1.82, 2.24) is 9.97 Å². The molecular formula is C15H18ClN3O. The highest BCUT2D eigenvalue weighted by molar-refractivity contribution is 5.85. The summed E-state index contributed by atoms with van der Waals surface area (Å²) >= 11 is 0. The maximum absolute atomic E-state index is 5.18. The van der Waals surface area contributed by atoms with Gasteiger partial charge in [-0.1, -0.05) is 0 Å². The van der Waals surface area contributed by atoms with Crippen LogP contribution in [0.4, 0.5) is 11.5 Å². The number of ether oxygens (including phenoxy) is 1. The van der Waals surface area contributed by atoms with E-state index in [-0.39, 0.29) is 12.4 Å². The normalized spacial score (nSPS) is 12.5. The van der Waals surface area contributed by atoms with Crippen molar-refractivity contribution < 1.29 is 4.74 Å². The standard InChI is InChI=1S/C15H17N3O.ClH/c1-18(11-6-8-12(19-2)9-7-11)15-13-4-3-5-14(13)16-10-17-15;/h6-10H,3-5H2,1-2H3;1H. The van der Waals surface area contributed by atoms with E-state index in [1.807, 2.05) is 31.3 Å². The van der Waals surface area contributed by atoms with Crippen molar-refractivity contribution in [3.8, 4) is 5.75 Å². The Morgan fingerprint density at radius 2 is 1.85 bits per heavy atom. The third kappa shape index (κ3) is 2.56. The van der Waals surface area contributed by atoms with E-state index in [9.17, 15) is 0 Å². The SMILES string of the molecule is COc1ccc(N(C)c2ncnc3c2CCC3)cc1.Cl. The fourth-order valence-electron chi connectivity index (χ4n) is 2.56. The minimum Gasteiger partial charge on any atom is -0.497 e. The second-order valence-corrected chi connectivity index (χ2v) is 4.73. The molecule has 4 nitrogen and oxygen atoms in total. The van der Waals surface area contributed by atoms with Crippen LogP contribution < -0.4 is 9.64 Å². The molecule has 106 valence electrons. The van der Waals surface area contributed by atoms with Gasteiger partial charge in [-0.05, 0) is 43.5 Å². The van der Waals surface area contributed by atoms with Gasteiger partial charge in [0.1, 0.15) is 17.9 Å². The first kappa shape index (κ1) is 14.6. The van der Waals surface area contributed by atoms with E-state index in [0.717, 1.165) is 30.1 Å². The summed E-state index contributed by atoms with van der Waals surface area (Å²) in [5.41, 5.74) is 3.60. The number of fused-ring (bicyclic) bond motifs is 1. The average Bonchev–Trinajstić information content (AvgIpc) is 2.95. The van der Waals surface area contributed by atoms with Gasteiger partial charge in [-0.3, -0.25) is 0 Å². The van der Waals surface area contributed by atoms with Gasteiger partial charge in [0, 0.05) is 24.0 Å². The zero-order valence-electron chi connectivity index (χ0n) is 11.7. The summed E-state index contributed by atoms with van der Waals surface area (Å²) in [6.07, 6.45) is 4.99. The molecule has 20 heavy (non-hydrogen) atoms. The first-order valence-electron chi connectivity index (χ1n) is 6.50. The van der Waals surface area contributed by atoms with Crippen LogP contribution in [-0.2, 0) is 12.8 Å². The lowest BCUT2D eigenvalue weighted by molar-refractivity contribution is 0.415. The molecular weight excluding hydrogens is 274 g/mol. The minimum atomic E-state index is 0. The van der Waals surface area contributed by atoms with Crippen molar-refractivity contribution in [2.24, 2.45) is 0 Å². The molecule has 0 spiro atoms. The molecule has 0 radical (unpaired) electrons. The number of benzene rings is 1. The fraction of sp³-hybridized carbons (Fsp3) is 0.333. The van der Waals surface area contributed by atoms with E-state index in [2.05, 4.69) is 14.9 Å². The van der Waals surface area contributed by atoms with Crippen LogP contribution in [0.1, 0.15) is 17.7 Å². The Balaban J connectivity index is 0.00000147. The molecule has 1 aromatic carbocycles. The van der Waals surface area contributed by atoms with Gasteiger partial charge in [0.05, 0.1) is 7.11 Å². The molecule has 0 unspecified atom stereocenters. The molecule has 0 saturated heterocycles. The molecule has 0 saturated carbocycles. The molecule has 2 aromatic rings. The molecule has 5 heteroatoms. The number of anilines is 2. The molecule has 0 fully saturated rings. The summed E-state index contributed by atoms with van der Waals surface area (Å²) in [4.78, 5) is 10.9. The van der Waals surface area contributed by atoms with Crippen molar-refractivity contribution >= 4 is 23.9 Å². The molecule has 1 aromatic heterocycles. The third-order valence-electron chi connectivity index (χ3n) is 3.63. The second kappa shape index (κ2) is 6.09. The zero-order chi connectivity index (χ0) is 13.2. The van der Waals surface area contributed by atoms with Gasteiger partial charge in [0.2, 0.25) is 0 Å². The Labute approximate surface area is 125 Å². The number of halogens is 1. The highest BCUT2D eigenvalue weighted by atomic mass is 35.5. The van der Waals surface area contributed by atoms with Crippen LogP contribution in [-0.4, -0.2) is 24.1 Å². The van der Waals surface area contributed by atoms with Gasteiger partial charge < -0.3 is 9.64 Å². The summed E-state index contributed by atoms with van der Waals surface area (Å²) in [6.45, 7) is 0. The number of methoxy groups -OCH3 is 1. The maximum atomic E-state index is 5.18. The molecule has 0 bridgehead atoms. The topological polar surface area (TPSA) is 38.2 Å². The summed E-state index contributed by atoms with van der Waals surface area (Å²) in [5.74, 6) is 1.89.